The topological polar surface area (TPSA) is 66.0 Å². The lowest BCUT2D eigenvalue weighted by molar-refractivity contribution is 0.414. The summed E-state index contributed by atoms with van der Waals surface area (Å²) in [5.74, 6) is 2.39. The van der Waals surface area contributed by atoms with Crippen LogP contribution in [0.5, 0.6) is 5.75 Å². The molecule has 4 aromatic rings. The standard InChI is InChI=1S/C21H22N4O2/c1-3-4-7-18-23-19(17-6-5-12-27-17)20-21(24-18)25(14-22-20)13-15-8-10-16(26-2)11-9-15/h5-6,8-12,14H,3-4,7,13H2,1-2H3. The molecule has 138 valence electrons. The molecule has 3 aromatic heterocycles. The smallest absolute Gasteiger partial charge is 0.164 e. The Hall–Kier alpha value is -3.15. The number of methoxy groups -OCH3 is 1. The second kappa shape index (κ2) is 7.61. The highest BCUT2D eigenvalue weighted by molar-refractivity contribution is 5.85. The average Bonchev–Trinajstić information content (AvgIpc) is 3.37. The summed E-state index contributed by atoms with van der Waals surface area (Å²) in [6.45, 7) is 2.85. The van der Waals surface area contributed by atoms with Crippen LogP contribution in [-0.2, 0) is 13.0 Å². The van der Waals surface area contributed by atoms with Crippen molar-refractivity contribution < 1.29 is 9.15 Å². The molecule has 4 rings (SSSR count). The van der Waals surface area contributed by atoms with Crippen molar-refractivity contribution in [3.8, 4) is 17.2 Å². The molecule has 0 atom stereocenters. The molecule has 1 aromatic carbocycles. The van der Waals surface area contributed by atoms with Crippen LogP contribution in [0.4, 0.5) is 0 Å². The maximum atomic E-state index is 5.59. The zero-order valence-corrected chi connectivity index (χ0v) is 15.6. The molecule has 0 unspecified atom stereocenters. The van der Waals surface area contributed by atoms with Gasteiger partial charge >= 0.3 is 0 Å². The lowest BCUT2D eigenvalue weighted by Crippen LogP contribution is -2.03. The number of nitrogens with zero attached hydrogens (tertiary/aromatic N) is 4. The summed E-state index contributed by atoms with van der Waals surface area (Å²) in [5, 5.41) is 0. The van der Waals surface area contributed by atoms with Crippen LogP contribution in [0.25, 0.3) is 22.6 Å². The fourth-order valence-corrected chi connectivity index (χ4v) is 3.06. The number of imidazole rings is 1. The van der Waals surface area contributed by atoms with Crippen LogP contribution in [0.1, 0.15) is 31.2 Å². The van der Waals surface area contributed by atoms with E-state index >= 15 is 0 Å². The third kappa shape index (κ3) is 3.56. The average molecular weight is 362 g/mol. The van der Waals surface area contributed by atoms with Gasteiger partial charge in [-0.2, -0.15) is 0 Å². The number of fused-ring (bicyclic) bond motifs is 1. The van der Waals surface area contributed by atoms with Gasteiger partial charge in [0, 0.05) is 6.42 Å². The van der Waals surface area contributed by atoms with Crippen molar-refractivity contribution in [2.24, 2.45) is 0 Å². The zero-order chi connectivity index (χ0) is 18.6. The Morgan fingerprint density at radius 1 is 1.11 bits per heavy atom. The maximum absolute atomic E-state index is 5.59. The minimum absolute atomic E-state index is 0.683. The first kappa shape index (κ1) is 17.3. The van der Waals surface area contributed by atoms with Crippen molar-refractivity contribution in [1.82, 2.24) is 19.5 Å². The molecule has 0 fully saturated rings. The van der Waals surface area contributed by atoms with Crippen molar-refractivity contribution in [1.29, 1.82) is 0 Å². The molecular formula is C21H22N4O2. The van der Waals surface area contributed by atoms with Crippen LogP contribution in [-0.4, -0.2) is 26.6 Å². The van der Waals surface area contributed by atoms with Crippen LogP contribution >= 0.6 is 0 Å². The molecule has 0 radical (unpaired) electrons. The van der Waals surface area contributed by atoms with Gasteiger partial charge < -0.3 is 13.7 Å². The fraction of sp³-hybridized carbons (Fsp3) is 0.286. The van der Waals surface area contributed by atoms with Crippen LogP contribution in [0.15, 0.2) is 53.4 Å². The van der Waals surface area contributed by atoms with E-state index in [1.54, 1.807) is 13.4 Å². The van der Waals surface area contributed by atoms with Gasteiger partial charge in [-0.15, -0.1) is 0 Å². The summed E-state index contributed by atoms with van der Waals surface area (Å²) in [4.78, 5) is 14.1. The third-order valence-corrected chi connectivity index (χ3v) is 4.53. The lowest BCUT2D eigenvalue weighted by Gasteiger charge is -2.08. The van der Waals surface area contributed by atoms with E-state index in [2.05, 4.69) is 28.6 Å². The van der Waals surface area contributed by atoms with Crippen LogP contribution < -0.4 is 4.74 Å². The number of hydrogen-bond acceptors (Lipinski definition) is 5. The van der Waals surface area contributed by atoms with E-state index in [-0.39, 0.29) is 0 Å². The summed E-state index contributed by atoms with van der Waals surface area (Å²) in [5.41, 5.74) is 3.50. The first-order valence-corrected chi connectivity index (χ1v) is 9.17. The summed E-state index contributed by atoms with van der Waals surface area (Å²) < 4.78 is 12.9. The Labute approximate surface area is 157 Å². The number of aryl methyl sites for hydroxylation is 1. The second-order valence-corrected chi connectivity index (χ2v) is 6.46. The number of aromatic nitrogens is 4. The van der Waals surface area contributed by atoms with Gasteiger partial charge in [0.15, 0.2) is 11.4 Å². The Balaban J connectivity index is 1.76. The van der Waals surface area contributed by atoms with Gasteiger partial charge in [0.25, 0.3) is 0 Å². The quantitative estimate of drug-likeness (QED) is 0.485. The largest absolute Gasteiger partial charge is 0.497 e. The highest BCUT2D eigenvalue weighted by atomic mass is 16.5. The third-order valence-electron chi connectivity index (χ3n) is 4.53. The Morgan fingerprint density at radius 3 is 2.67 bits per heavy atom. The maximum Gasteiger partial charge on any atom is 0.164 e. The van der Waals surface area contributed by atoms with E-state index in [9.17, 15) is 0 Å². The van der Waals surface area contributed by atoms with Crippen molar-refractivity contribution in [2.75, 3.05) is 7.11 Å². The normalized spacial score (nSPS) is 11.2. The van der Waals surface area contributed by atoms with Crippen molar-refractivity contribution in [2.45, 2.75) is 32.7 Å². The molecule has 0 aliphatic heterocycles. The first-order chi connectivity index (χ1) is 13.3. The summed E-state index contributed by atoms with van der Waals surface area (Å²) in [7, 11) is 1.67. The minimum atomic E-state index is 0.683. The number of ether oxygens (including phenoxy) is 1. The highest BCUT2D eigenvalue weighted by Crippen LogP contribution is 2.26. The molecule has 27 heavy (non-hydrogen) atoms. The van der Waals surface area contributed by atoms with Gasteiger partial charge in [-0.25, -0.2) is 15.0 Å². The molecule has 0 bridgehead atoms. The molecule has 0 saturated carbocycles. The van der Waals surface area contributed by atoms with E-state index in [1.807, 2.05) is 30.6 Å². The van der Waals surface area contributed by atoms with Crippen LogP contribution in [0, 0.1) is 0 Å². The van der Waals surface area contributed by atoms with E-state index in [4.69, 9.17) is 19.1 Å². The highest BCUT2D eigenvalue weighted by Gasteiger charge is 2.16. The van der Waals surface area contributed by atoms with Crippen molar-refractivity contribution in [3.63, 3.8) is 0 Å². The fourth-order valence-electron chi connectivity index (χ4n) is 3.06. The molecule has 3 heterocycles. The molecule has 0 aliphatic carbocycles. The second-order valence-electron chi connectivity index (χ2n) is 6.46. The molecule has 6 nitrogen and oxygen atoms in total. The first-order valence-electron chi connectivity index (χ1n) is 9.17. The Bertz CT molecular complexity index is 1020. The Kier molecular flexibility index (Phi) is 4.87. The monoisotopic (exact) mass is 362 g/mol. The van der Waals surface area contributed by atoms with Gasteiger partial charge in [-0.1, -0.05) is 25.5 Å². The lowest BCUT2D eigenvalue weighted by atomic mass is 10.2. The van der Waals surface area contributed by atoms with Gasteiger partial charge in [-0.3, -0.25) is 0 Å². The molecule has 0 N–H and O–H groups in total. The number of unbranched alkanes of at least 4 members (excludes halogenated alkanes) is 1. The Morgan fingerprint density at radius 2 is 1.96 bits per heavy atom. The van der Waals surface area contributed by atoms with Gasteiger partial charge in [0.2, 0.25) is 0 Å². The molecule has 0 spiro atoms. The van der Waals surface area contributed by atoms with E-state index in [1.165, 1.54) is 0 Å². The van der Waals surface area contributed by atoms with Crippen LogP contribution in [0.3, 0.4) is 0 Å². The van der Waals surface area contributed by atoms with Crippen molar-refractivity contribution in [3.05, 3.63) is 60.4 Å². The van der Waals surface area contributed by atoms with Gasteiger partial charge in [0.05, 0.1) is 26.2 Å². The summed E-state index contributed by atoms with van der Waals surface area (Å²) >= 11 is 0. The van der Waals surface area contributed by atoms with E-state index in [0.29, 0.717) is 6.54 Å². The number of benzene rings is 1. The molecular weight excluding hydrogens is 340 g/mol. The van der Waals surface area contributed by atoms with Gasteiger partial charge in [0.1, 0.15) is 22.8 Å². The van der Waals surface area contributed by atoms with E-state index in [0.717, 1.165) is 59.0 Å². The summed E-state index contributed by atoms with van der Waals surface area (Å²) in [6, 6.07) is 11.8. The predicted octanol–water partition coefficient (Wildman–Crippen LogP) is 4.49. The molecule has 0 saturated heterocycles. The molecule has 6 heteroatoms. The number of furan rings is 1. The zero-order valence-electron chi connectivity index (χ0n) is 15.6. The summed E-state index contributed by atoms with van der Waals surface area (Å²) in [6.07, 6.45) is 6.47. The minimum Gasteiger partial charge on any atom is -0.497 e. The SMILES string of the molecule is CCCCc1nc(-c2ccco2)c2ncn(Cc3ccc(OC)cc3)c2n1. The predicted molar refractivity (Wildman–Crippen MR) is 104 cm³/mol. The van der Waals surface area contributed by atoms with Crippen LogP contribution in [0.2, 0.25) is 0 Å². The van der Waals surface area contributed by atoms with E-state index < -0.39 is 0 Å². The van der Waals surface area contributed by atoms with Crippen molar-refractivity contribution >= 4 is 11.2 Å². The number of rotatable bonds is 7. The molecule has 0 amide bonds. The number of hydrogen-bond donors (Lipinski definition) is 0. The van der Waals surface area contributed by atoms with Gasteiger partial charge in [-0.05, 0) is 36.2 Å². The molecule has 0 aliphatic rings.